The second-order valence-corrected chi connectivity index (χ2v) is 37.3. The first-order valence-electron chi connectivity index (χ1n) is 45.3. The fourth-order valence-corrected chi connectivity index (χ4v) is 20.3. The Morgan fingerprint density at radius 2 is 0.688 bits per heavy atom. The van der Waals surface area contributed by atoms with Gasteiger partial charge in [0.15, 0.2) is 52.4 Å². The first-order chi connectivity index (χ1) is 69.0. The molecule has 0 spiro atoms. The van der Waals surface area contributed by atoms with Gasteiger partial charge >= 0.3 is 21.4 Å². The largest absolute Gasteiger partial charge is 0.489 e. The van der Waals surface area contributed by atoms with E-state index in [2.05, 4.69) is 224 Å². The molecule has 24 rings (SSSR count). The Balaban J connectivity index is 0.000000108. The highest BCUT2D eigenvalue weighted by molar-refractivity contribution is 9.10. The first kappa shape index (κ1) is 92.8. The maximum Gasteiger partial charge on any atom is 0.489 e. The second-order valence-electron chi connectivity index (χ2n) is 33.1. The average Bonchev–Trinajstić information content (AvgIpc) is 1.59. The lowest BCUT2D eigenvalue weighted by atomic mass is 9.77. The minimum absolute atomic E-state index is 0.385. The van der Waals surface area contributed by atoms with E-state index in [0.29, 0.717) is 74.4 Å². The molecule has 1 atom stereocenters. The van der Waals surface area contributed by atoms with E-state index >= 15 is 0 Å². The molecule has 678 valence electrons. The predicted octanol–water partition coefficient (Wildman–Crippen LogP) is 24.0. The molecule has 25 heteroatoms. The molecule has 0 fully saturated rings. The Bertz CT molecular complexity index is 8250. The summed E-state index contributed by atoms with van der Waals surface area (Å²) in [6.45, 7) is 0. The van der Waals surface area contributed by atoms with Crippen molar-refractivity contribution in [3.63, 3.8) is 0 Å². The number of thiophene rings is 1. The standard InChI is InChI=1S/C25H18BN3O2.C25H18BrNOS.C24H14BrNS.2C21H16BN3O2/c30-26(31)22-16-8-13-19-20(22)14-7-15-21(19)25-28-23(17-9-3-1-4-10-17)27-24(29-25)18-11-5-2-6-12-18;1-29(28)24-16-20(26)10-11-22(24)19-14-18-7-5-6-17-12-13-27(23(15-19)25(17)18)21-8-3-2-4-9-21;25-17-9-10-19-20-13-16-6-4-5-15-11-12-26(18-7-2-1-3-8-18)23(22(15)16)24(20)27-21(19)14-17;26-22(27)18-13-7-12-17(14-18)21-24-19(15-8-3-1-4-9-15)23-20(25-21)16-10-5-2-6-11-16;26-22(27)18-13-11-17(12-14-18)21-24-19(15-7-3-1-4-8-15)23-20(25-21)16-9-5-2-6-10-16/h1-16,30-31H;2-16H,1H3;1-14H;2*1-14,26-27H. The topological polar surface area (TPSA) is 261 Å². The summed E-state index contributed by atoms with van der Waals surface area (Å²) in [6.07, 6.45) is 10.4. The number of benzene rings is 18. The van der Waals surface area contributed by atoms with Crippen LogP contribution in [0.25, 0.3) is 178 Å². The highest BCUT2D eigenvalue weighted by Gasteiger charge is 2.27. The molecule has 6 heterocycles. The molecule has 6 N–H and O–H groups in total. The van der Waals surface area contributed by atoms with Gasteiger partial charge in [-0.05, 0) is 139 Å². The van der Waals surface area contributed by atoms with Crippen LogP contribution in [0.1, 0.15) is 11.1 Å². The van der Waals surface area contributed by atoms with Crippen LogP contribution in [0.3, 0.4) is 0 Å². The van der Waals surface area contributed by atoms with Crippen LogP contribution in [0.2, 0.25) is 0 Å². The fraction of sp³-hybridized carbons (Fsp3) is 0.00862. The Kier molecular flexibility index (Phi) is 27.8. The van der Waals surface area contributed by atoms with Crippen LogP contribution in [0, 0.1) is 0 Å². The number of nitrogens with zero attached hydrogens (tertiary/aromatic N) is 11. The van der Waals surface area contributed by atoms with Crippen molar-refractivity contribution in [2.75, 3.05) is 16.1 Å². The summed E-state index contributed by atoms with van der Waals surface area (Å²) in [5.74, 6) is 5.01. The Hall–Kier alpha value is -15.9. The molecule has 2 aliphatic heterocycles. The number of fused-ring (bicyclic) bond motifs is 5. The van der Waals surface area contributed by atoms with Crippen LogP contribution in [0.15, 0.2) is 445 Å². The van der Waals surface area contributed by atoms with Gasteiger partial charge in [0.2, 0.25) is 0 Å². The molecule has 0 amide bonds. The van der Waals surface area contributed by atoms with Crippen molar-refractivity contribution in [1.29, 1.82) is 0 Å². The van der Waals surface area contributed by atoms with Gasteiger partial charge in [0.05, 0.1) is 26.9 Å². The number of aromatic nitrogens is 9. The number of hydrogen-bond donors (Lipinski definition) is 6. The molecule has 2 aliphatic rings. The van der Waals surface area contributed by atoms with Gasteiger partial charge in [-0.25, -0.2) is 44.9 Å². The quantitative estimate of drug-likeness (QED) is 0.0491. The van der Waals surface area contributed by atoms with Crippen LogP contribution in [-0.2, 0) is 10.8 Å². The monoisotopic (exact) mass is 2000 g/mol. The van der Waals surface area contributed by atoms with E-state index in [9.17, 15) is 34.4 Å². The van der Waals surface area contributed by atoms with E-state index in [0.717, 1.165) is 91.6 Å². The summed E-state index contributed by atoms with van der Waals surface area (Å²) in [5, 5.41) is 66.4. The molecule has 4 aromatic heterocycles. The summed E-state index contributed by atoms with van der Waals surface area (Å²) in [4.78, 5) is 47.4. The summed E-state index contributed by atoms with van der Waals surface area (Å²) in [7, 11) is -5.69. The van der Waals surface area contributed by atoms with Gasteiger partial charge in [-0.15, -0.1) is 11.3 Å². The van der Waals surface area contributed by atoms with Crippen molar-refractivity contribution in [3.05, 3.63) is 451 Å². The van der Waals surface area contributed by atoms with Gasteiger partial charge in [0.1, 0.15) is 0 Å². The summed E-state index contributed by atoms with van der Waals surface area (Å²) in [6, 6.07) is 137. The Morgan fingerprint density at radius 3 is 1.17 bits per heavy atom. The van der Waals surface area contributed by atoms with Gasteiger partial charge in [-0.2, -0.15) is 0 Å². The van der Waals surface area contributed by atoms with Crippen molar-refractivity contribution >= 4 is 179 Å². The maximum absolute atomic E-state index is 12.4. The molecule has 141 heavy (non-hydrogen) atoms. The molecule has 1 unspecified atom stereocenters. The molecule has 0 saturated heterocycles. The molecular formula is C116H82B3Br2N11O7S2. The average molecular weight is 2000 g/mol. The minimum atomic E-state index is -1.56. The van der Waals surface area contributed by atoms with Crippen LogP contribution >= 0.6 is 43.2 Å². The zero-order valence-electron chi connectivity index (χ0n) is 75.5. The van der Waals surface area contributed by atoms with Crippen molar-refractivity contribution < 1.29 is 34.4 Å². The highest BCUT2D eigenvalue weighted by Crippen LogP contribution is 2.50. The molecule has 0 saturated carbocycles. The van der Waals surface area contributed by atoms with Crippen LogP contribution < -0.4 is 26.2 Å². The third kappa shape index (κ3) is 20.6. The fourth-order valence-electron chi connectivity index (χ4n) is 17.2. The zero-order valence-corrected chi connectivity index (χ0v) is 80.3. The SMILES string of the molecule is Brc1ccc2c(c1)sc1c3c4c(cccc4cc12)C=CN3c1ccccc1.CS(=O)c1cc(Br)ccc1-c1cc2c3c(cccc3c1)C=CN2c1ccccc1.OB(O)c1ccc(-c2nc(-c3ccccc3)nc(-c3ccccc3)n2)cc1.OB(O)c1cccc(-c2nc(-c3ccccc3)nc(-c3ccccc3)n2)c1.OB(O)c1cccc2c(-c3nc(-c4ccccc4)nc(-c4ccccc4)n3)cccc12. The van der Waals surface area contributed by atoms with Crippen molar-refractivity contribution in [3.8, 4) is 114 Å². The predicted molar refractivity (Wildman–Crippen MR) is 585 cm³/mol. The molecule has 18 aromatic carbocycles. The van der Waals surface area contributed by atoms with E-state index in [-0.39, 0.29) is 0 Å². The maximum atomic E-state index is 12.4. The second kappa shape index (κ2) is 42.2. The van der Waals surface area contributed by atoms with Crippen LogP contribution in [-0.4, -0.2) is 107 Å². The lowest BCUT2D eigenvalue weighted by Crippen LogP contribution is -2.30. The number of anilines is 4. The normalized spacial score (nSPS) is 11.8. The van der Waals surface area contributed by atoms with Gasteiger partial charge < -0.3 is 39.9 Å². The smallest absolute Gasteiger partial charge is 0.423 e. The lowest BCUT2D eigenvalue weighted by molar-refractivity contribution is 0.424. The van der Waals surface area contributed by atoms with E-state index in [1.54, 1.807) is 60.9 Å². The third-order valence-electron chi connectivity index (χ3n) is 24.0. The lowest BCUT2D eigenvalue weighted by Gasteiger charge is -2.27. The van der Waals surface area contributed by atoms with Gasteiger partial charge in [0, 0.05) is 120 Å². The summed E-state index contributed by atoms with van der Waals surface area (Å²) < 4.78 is 17.1. The van der Waals surface area contributed by atoms with Crippen molar-refractivity contribution in [2.45, 2.75) is 4.90 Å². The van der Waals surface area contributed by atoms with Crippen molar-refractivity contribution in [2.24, 2.45) is 0 Å². The van der Waals surface area contributed by atoms with Crippen LogP contribution in [0.4, 0.5) is 22.7 Å². The first-order valence-corrected chi connectivity index (χ1v) is 49.2. The number of rotatable bonds is 16. The Labute approximate surface area is 837 Å². The summed E-state index contributed by atoms with van der Waals surface area (Å²) in [5.41, 5.74) is 18.2. The van der Waals surface area contributed by atoms with E-state index in [1.165, 1.54) is 64.2 Å². The highest BCUT2D eigenvalue weighted by atomic mass is 79.9. The molecule has 22 aromatic rings. The van der Waals surface area contributed by atoms with Crippen molar-refractivity contribution in [1.82, 2.24) is 44.9 Å². The van der Waals surface area contributed by atoms with Crippen LogP contribution in [0.5, 0.6) is 0 Å². The Morgan fingerprint density at radius 1 is 0.291 bits per heavy atom. The number of halogens is 2. The third-order valence-corrected chi connectivity index (χ3v) is 27.1. The van der Waals surface area contributed by atoms with Gasteiger partial charge in [-0.1, -0.05) is 384 Å². The zero-order chi connectivity index (χ0) is 96.4. The number of hydrogen-bond acceptors (Lipinski definition) is 19. The van der Waals surface area contributed by atoms with E-state index < -0.39 is 32.2 Å². The molecule has 0 bridgehead atoms. The summed E-state index contributed by atoms with van der Waals surface area (Å²) >= 11 is 9.02. The van der Waals surface area contributed by atoms with E-state index in [4.69, 9.17) is 15.0 Å². The molecule has 0 radical (unpaired) electrons. The van der Waals surface area contributed by atoms with Gasteiger partial charge in [0.25, 0.3) is 0 Å². The molecular weight excluding hydrogens is 1920 g/mol. The minimum Gasteiger partial charge on any atom is -0.423 e. The molecule has 18 nitrogen and oxygen atoms in total. The van der Waals surface area contributed by atoms with E-state index in [1.807, 2.05) is 248 Å². The van der Waals surface area contributed by atoms with Gasteiger partial charge in [-0.3, -0.25) is 4.21 Å². The molecule has 0 aliphatic carbocycles. The number of para-hydroxylation sites is 2.